The fraction of sp³-hybridized carbons (Fsp3) is 0.636. The number of aryl methyl sites for hydroxylation is 1. The van der Waals surface area contributed by atoms with Crippen LogP contribution in [-0.2, 0) is 14.3 Å². The number of ether oxygens (including phenoxy) is 1. The number of alkyl halides is 1. The molecule has 1 aromatic carbocycles. The van der Waals surface area contributed by atoms with Gasteiger partial charge in [-0.15, -0.1) is 11.6 Å². The average molecular weight is 407 g/mol. The van der Waals surface area contributed by atoms with Crippen LogP contribution in [0.4, 0.5) is 0 Å². The minimum Gasteiger partial charge on any atom is -0.376 e. The van der Waals surface area contributed by atoms with Gasteiger partial charge >= 0.3 is 0 Å². The molecular weight excluding hydrogens is 376 g/mol. The first-order chi connectivity index (χ1) is 13.6. The summed E-state index contributed by atoms with van der Waals surface area (Å²) in [4.78, 5) is 27.8. The molecule has 5 nitrogen and oxygen atoms in total. The predicted molar refractivity (Wildman–Crippen MR) is 110 cm³/mol. The number of rotatable bonds is 7. The lowest BCUT2D eigenvalue weighted by atomic mass is 9.94. The van der Waals surface area contributed by atoms with Gasteiger partial charge < -0.3 is 15.0 Å². The fourth-order valence-corrected chi connectivity index (χ4v) is 4.46. The minimum absolute atomic E-state index is 0.0406. The zero-order valence-corrected chi connectivity index (χ0v) is 17.4. The Hall–Kier alpha value is -1.59. The largest absolute Gasteiger partial charge is 0.376 e. The topological polar surface area (TPSA) is 58.6 Å². The molecule has 1 N–H and O–H groups in total. The van der Waals surface area contributed by atoms with Crippen LogP contribution >= 0.6 is 11.6 Å². The van der Waals surface area contributed by atoms with Crippen molar-refractivity contribution >= 4 is 23.4 Å². The number of carbonyl (C=O) groups is 2. The maximum absolute atomic E-state index is 13.4. The maximum atomic E-state index is 13.4. The van der Waals surface area contributed by atoms with Crippen LogP contribution in [0.25, 0.3) is 0 Å². The van der Waals surface area contributed by atoms with Gasteiger partial charge in [-0.1, -0.05) is 43.5 Å². The molecule has 154 valence electrons. The van der Waals surface area contributed by atoms with Gasteiger partial charge in [-0.05, 0) is 43.7 Å². The lowest BCUT2D eigenvalue weighted by Crippen LogP contribution is -2.49. The van der Waals surface area contributed by atoms with Gasteiger partial charge in [0.05, 0.1) is 6.10 Å². The van der Waals surface area contributed by atoms with Gasteiger partial charge in [0.25, 0.3) is 0 Å². The first kappa shape index (κ1) is 21.1. The Morgan fingerprint density at radius 2 is 1.93 bits per heavy atom. The Balaban J connectivity index is 1.88. The summed E-state index contributed by atoms with van der Waals surface area (Å²) in [6.45, 7) is 3.07. The summed E-state index contributed by atoms with van der Waals surface area (Å²) in [6.07, 6.45) is 7.35. The number of hydrogen-bond acceptors (Lipinski definition) is 3. The highest BCUT2D eigenvalue weighted by Gasteiger charge is 2.35. The van der Waals surface area contributed by atoms with Gasteiger partial charge in [-0.3, -0.25) is 9.59 Å². The van der Waals surface area contributed by atoms with Crippen molar-refractivity contribution in [3.05, 3.63) is 35.4 Å². The van der Waals surface area contributed by atoms with Crippen LogP contribution in [0.5, 0.6) is 0 Å². The zero-order chi connectivity index (χ0) is 19.9. The van der Waals surface area contributed by atoms with Crippen molar-refractivity contribution in [1.82, 2.24) is 10.2 Å². The predicted octanol–water partition coefficient (Wildman–Crippen LogP) is 3.73. The van der Waals surface area contributed by atoms with Crippen molar-refractivity contribution in [2.75, 3.05) is 19.0 Å². The van der Waals surface area contributed by atoms with E-state index in [0.29, 0.717) is 13.2 Å². The van der Waals surface area contributed by atoms with Gasteiger partial charge in [0.1, 0.15) is 11.9 Å². The normalized spacial score (nSPS) is 21.3. The number of benzene rings is 1. The molecule has 2 amide bonds. The van der Waals surface area contributed by atoms with Crippen molar-refractivity contribution in [2.45, 2.75) is 70.1 Å². The molecule has 2 aliphatic rings. The molecule has 2 fully saturated rings. The fourth-order valence-electron chi connectivity index (χ4n) is 4.31. The van der Waals surface area contributed by atoms with Gasteiger partial charge in [0.15, 0.2) is 0 Å². The van der Waals surface area contributed by atoms with Crippen LogP contribution in [0.3, 0.4) is 0 Å². The molecule has 0 unspecified atom stereocenters. The summed E-state index contributed by atoms with van der Waals surface area (Å²) in [5.41, 5.74) is 1.85. The second kappa shape index (κ2) is 10.3. The molecule has 2 atom stereocenters. The Bertz CT molecular complexity index is 670. The van der Waals surface area contributed by atoms with Crippen LogP contribution in [-0.4, -0.2) is 47.9 Å². The molecule has 0 radical (unpaired) electrons. The highest BCUT2D eigenvalue weighted by molar-refractivity contribution is 6.27. The van der Waals surface area contributed by atoms with Crippen molar-refractivity contribution in [3.63, 3.8) is 0 Å². The van der Waals surface area contributed by atoms with E-state index in [2.05, 4.69) is 5.32 Å². The summed E-state index contributed by atoms with van der Waals surface area (Å²) >= 11 is 5.94. The molecule has 28 heavy (non-hydrogen) atoms. The van der Waals surface area contributed by atoms with E-state index in [1.807, 2.05) is 31.2 Å². The van der Waals surface area contributed by atoms with E-state index in [0.717, 1.165) is 49.7 Å². The Morgan fingerprint density at radius 3 is 2.57 bits per heavy atom. The Kier molecular flexibility index (Phi) is 7.74. The Morgan fingerprint density at radius 1 is 1.18 bits per heavy atom. The van der Waals surface area contributed by atoms with E-state index in [4.69, 9.17) is 16.3 Å². The molecule has 0 spiro atoms. The highest BCUT2D eigenvalue weighted by atomic mass is 35.5. The van der Waals surface area contributed by atoms with Crippen LogP contribution in [0.2, 0.25) is 0 Å². The number of hydrogen-bond donors (Lipinski definition) is 1. The molecule has 0 bridgehead atoms. The summed E-state index contributed by atoms with van der Waals surface area (Å²) in [5.74, 6) is -0.492. The number of amides is 2. The van der Waals surface area contributed by atoms with Gasteiger partial charge in [-0.25, -0.2) is 0 Å². The van der Waals surface area contributed by atoms with Gasteiger partial charge in [0.2, 0.25) is 11.8 Å². The number of halogens is 1. The van der Waals surface area contributed by atoms with Crippen LogP contribution < -0.4 is 5.32 Å². The first-order valence-electron chi connectivity index (χ1n) is 10.4. The standard InChI is InChI=1S/C22H31ClN2O3/c1-16-8-5-6-12-19(16)21(22(27)24-17-9-3-2-4-10-17)25(20(26)14-23)15-18-11-7-13-28-18/h5-6,8,12,17-18,21H,2-4,7,9-11,13-15H2,1H3,(H,24,27)/t18-,21+/m1/s1. The number of carbonyl (C=O) groups excluding carboxylic acids is 2. The molecule has 1 aromatic rings. The smallest absolute Gasteiger partial charge is 0.247 e. The lowest BCUT2D eigenvalue weighted by Gasteiger charge is -2.35. The molecule has 0 aromatic heterocycles. The van der Waals surface area contributed by atoms with Crippen LogP contribution in [0.1, 0.15) is 62.1 Å². The molecular formula is C22H31ClN2O3. The van der Waals surface area contributed by atoms with E-state index in [9.17, 15) is 9.59 Å². The summed E-state index contributed by atoms with van der Waals surface area (Å²) in [7, 11) is 0. The van der Waals surface area contributed by atoms with Gasteiger partial charge in [0, 0.05) is 19.2 Å². The molecule has 1 saturated carbocycles. The third-order valence-electron chi connectivity index (χ3n) is 5.85. The second-order valence-electron chi connectivity index (χ2n) is 7.92. The van der Waals surface area contributed by atoms with Crippen LogP contribution in [0.15, 0.2) is 24.3 Å². The van der Waals surface area contributed by atoms with Gasteiger partial charge in [-0.2, -0.15) is 0 Å². The monoisotopic (exact) mass is 406 g/mol. The SMILES string of the molecule is Cc1ccccc1[C@@H](C(=O)NC1CCCCC1)N(C[C@H]1CCCO1)C(=O)CCl. The zero-order valence-electron chi connectivity index (χ0n) is 16.7. The number of nitrogens with one attached hydrogen (secondary N) is 1. The molecule has 1 saturated heterocycles. The third kappa shape index (κ3) is 5.26. The summed E-state index contributed by atoms with van der Waals surface area (Å²) < 4.78 is 5.76. The molecule has 6 heteroatoms. The van der Waals surface area contributed by atoms with E-state index in [1.54, 1.807) is 4.90 Å². The minimum atomic E-state index is -0.682. The van der Waals surface area contributed by atoms with E-state index >= 15 is 0 Å². The van der Waals surface area contributed by atoms with E-state index < -0.39 is 6.04 Å². The molecule has 1 aliphatic heterocycles. The van der Waals surface area contributed by atoms with Crippen LogP contribution in [0, 0.1) is 6.92 Å². The first-order valence-corrected chi connectivity index (χ1v) is 11.0. The Labute approximate surface area is 172 Å². The summed E-state index contributed by atoms with van der Waals surface area (Å²) in [5, 5.41) is 3.21. The van der Waals surface area contributed by atoms with Crippen molar-refractivity contribution in [3.8, 4) is 0 Å². The van der Waals surface area contributed by atoms with Crippen molar-refractivity contribution in [2.24, 2.45) is 0 Å². The summed E-state index contributed by atoms with van der Waals surface area (Å²) in [6, 6.07) is 7.28. The quantitative estimate of drug-likeness (QED) is 0.702. The third-order valence-corrected chi connectivity index (χ3v) is 6.08. The maximum Gasteiger partial charge on any atom is 0.247 e. The second-order valence-corrected chi connectivity index (χ2v) is 8.18. The number of nitrogens with zero attached hydrogens (tertiary/aromatic N) is 1. The average Bonchev–Trinajstić information content (AvgIpc) is 3.22. The lowest BCUT2D eigenvalue weighted by molar-refractivity contribution is -0.141. The molecule has 3 rings (SSSR count). The molecule has 1 aliphatic carbocycles. The van der Waals surface area contributed by atoms with Crippen molar-refractivity contribution in [1.29, 1.82) is 0 Å². The van der Waals surface area contributed by atoms with E-state index in [-0.39, 0.29) is 29.8 Å². The van der Waals surface area contributed by atoms with Crippen molar-refractivity contribution < 1.29 is 14.3 Å². The molecule has 1 heterocycles. The van der Waals surface area contributed by atoms with E-state index in [1.165, 1.54) is 6.42 Å². The highest BCUT2D eigenvalue weighted by Crippen LogP contribution is 2.28.